The zero-order chi connectivity index (χ0) is 20.6. The number of Topliss-reactive ketones (excluding diaryl/α,β-unsaturated/α-hetero) is 1. The van der Waals surface area contributed by atoms with Gasteiger partial charge in [-0.25, -0.2) is 0 Å². The van der Waals surface area contributed by atoms with Crippen LogP contribution in [0.15, 0.2) is 52.9 Å². The Balaban J connectivity index is 1.45. The second-order valence-electron chi connectivity index (χ2n) is 5.95. The molecule has 0 unspecified atom stereocenters. The largest absolute Gasteiger partial charge is 0.300 e. The number of nitrogens with zero attached hydrogens (tertiary/aromatic N) is 3. The molecule has 29 heavy (non-hydrogen) atoms. The fraction of sp³-hybridized carbons (Fsp3) is 0.150. The number of nitrogens with one attached hydrogen (secondary N) is 1. The molecule has 3 rings (SSSR count). The Hall–Kier alpha value is -2.73. The zero-order valence-electron chi connectivity index (χ0n) is 15.1. The van der Waals surface area contributed by atoms with E-state index in [9.17, 15) is 9.59 Å². The van der Waals surface area contributed by atoms with E-state index in [-0.39, 0.29) is 24.5 Å². The molecule has 0 atom stereocenters. The molecule has 0 radical (unpaired) electrons. The van der Waals surface area contributed by atoms with Crippen LogP contribution in [0.1, 0.15) is 34.3 Å². The van der Waals surface area contributed by atoms with Crippen LogP contribution in [-0.2, 0) is 10.5 Å². The number of hydrogen-bond donors (Lipinski definition) is 1. The standard InChI is InChI=1S/C20H15ClN4O2S2/c21-16-7-5-15(6-8-16)17(26)9-10-18(27)23-19-24-25-20(29-19)28-12-14-3-1-13(11-22)2-4-14/h1-8H,9-10,12H2,(H,23,24,27). The normalized spacial score (nSPS) is 10.3. The lowest BCUT2D eigenvalue weighted by molar-refractivity contribution is -0.116. The Morgan fingerprint density at radius 1 is 1.07 bits per heavy atom. The second-order valence-corrected chi connectivity index (χ2v) is 8.59. The van der Waals surface area contributed by atoms with Gasteiger partial charge in [0.1, 0.15) is 0 Å². The van der Waals surface area contributed by atoms with Gasteiger partial charge in [0.2, 0.25) is 11.0 Å². The van der Waals surface area contributed by atoms with E-state index in [4.69, 9.17) is 16.9 Å². The van der Waals surface area contributed by atoms with E-state index >= 15 is 0 Å². The van der Waals surface area contributed by atoms with Gasteiger partial charge in [0.05, 0.1) is 11.6 Å². The monoisotopic (exact) mass is 442 g/mol. The van der Waals surface area contributed by atoms with Crippen molar-refractivity contribution >= 4 is 51.5 Å². The number of aromatic nitrogens is 2. The van der Waals surface area contributed by atoms with Gasteiger partial charge >= 0.3 is 0 Å². The molecule has 0 bridgehead atoms. The Bertz CT molecular complexity index is 1040. The van der Waals surface area contributed by atoms with E-state index in [1.54, 1.807) is 36.4 Å². The summed E-state index contributed by atoms with van der Waals surface area (Å²) in [7, 11) is 0. The van der Waals surface area contributed by atoms with Gasteiger partial charge in [-0.15, -0.1) is 10.2 Å². The first kappa shape index (κ1) is 21.0. The predicted molar refractivity (Wildman–Crippen MR) is 114 cm³/mol. The molecule has 0 spiro atoms. The molecule has 6 nitrogen and oxygen atoms in total. The molecule has 0 saturated heterocycles. The van der Waals surface area contributed by atoms with Crippen LogP contribution in [-0.4, -0.2) is 21.9 Å². The van der Waals surface area contributed by atoms with Gasteiger partial charge in [0.15, 0.2) is 10.1 Å². The first-order valence-electron chi connectivity index (χ1n) is 8.57. The summed E-state index contributed by atoms with van der Waals surface area (Å²) >= 11 is 8.58. The first-order chi connectivity index (χ1) is 14.0. The lowest BCUT2D eigenvalue weighted by atomic mass is 10.1. The van der Waals surface area contributed by atoms with E-state index in [0.717, 1.165) is 9.90 Å². The highest BCUT2D eigenvalue weighted by atomic mass is 35.5. The summed E-state index contributed by atoms with van der Waals surface area (Å²) in [6.45, 7) is 0. The predicted octanol–water partition coefficient (Wildman–Crippen LogP) is 4.96. The number of rotatable bonds is 8. The number of amides is 1. The van der Waals surface area contributed by atoms with Crippen LogP contribution in [0.4, 0.5) is 5.13 Å². The zero-order valence-corrected chi connectivity index (χ0v) is 17.5. The fourth-order valence-corrected chi connectivity index (χ4v) is 4.18. The summed E-state index contributed by atoms with van der Waals surface area (Å²) in [6.07, 6.45) is 0.168. The average Bonchev–Trinajstić information content (AvgIpc) is 3.18. The maximum absolute atomic E-state index is 12.1. The molecule has 1 amide bonds. The van der Waals surface area contributed by atoms with Crippen LogP contribution in [0.2, 0.25) is 5.02 Å². The van der Waals surface area contributed by atoms with Gasteiger partial charge in [-0.3, -0.25) is 9.59 Å². The van der Waals surface area contributed by atoms with Gasteiger partial charge in [-0.05, 0) is 42.0 Å². The van der Waals surface area contributed by atoms with Crippen LogP contribution in [0.25, 0.3) is 0 Å². The Labute approximate surface area is 180 Å². The molecule has 1 N–H and O–H groups in total. The van der Waals surface area contributed by atoms with Crippen molar-refractivity contribution < 1.29 is 9.59 Å². The third-order valence-corrected chi connectivity index (χ3v) is 6.14. The van der Waals surface area contributed by atoms with E-state index in [2.05, 4.69) is 21.6 Å². The highest BCUT2D eigenvalue weighted by molar-refractivity contribution is 8.00. The number of nitriles is 1. The van der Waals surface area contributed by atoms with Crippen LogP contribution in [0.5, 0.6) is 0 Å². The Morgan fingerprint density at radius 3 is 2.48 bits per heavy atom. The van der Waals surface area contributed by atoms with Crippen molar-refractivity contribution in [2.45, 2.75) is 22.9 Å². The van der Waals surface area contributed by atoms with Gasteiger partial charge in [0.25, 0.3) is 0 Å². The van der Waals surface area contributed by atoms with Crippen molar-refractivity contribution in [1.29, 1.82) is 5.26 Å². The molecule has 0 saturated carbocycles. The minimum atomic E-state index is -0.285. The molecule has 2 aromatic carbocycles. The highest BCUT2D eigenvalue weighted by Gasteiger charge is 2.12. The lowest BCUT2D eigenvalue weighted by Gasteiger charge is -2.02. The fourth-order valence-electron chi connectivity index (χ4n) is 2.33. The maximum Gasteiger partial charge on any atom is 0.226 e. The third-order valence-electron chi connectivity index (χ3n) is 3.84. The Morgan fingerprint density at radius 2 is 1.79 bits per heavy atom. The number of benzene rings is 2. The highest BCUT2D eigenvalue weighted by Crippen LogP contribution is 2.28. The summed E-state index contributed by atoms with van der Waals surface area (Å²) in [5.41, 5.74) is 2.21. The number of carbonyl (C=O) groups is 2. The molecule has 0 aliphatic carbocycles. The molecule has 9 heteroatoms. The summed E-state index contributed by atoms with van der Waals surface area (Å²) in [5.74, 6) is 0.281. The molecular weight excluding hydrogens is 428 g/mol. The quantitative estimate of drug-likeness (QED) is 0.301. The van der Waals surface area contributed by atoms with E-state index in [1.165, 1.54) is 23.1 Å². The lowest BCUT2D eigenvalue weighted by Crippen LogP contribution is -2.13. The molecule has 3 aromatic rings. The van der Waals surface area contributed by atoms with Crippen LogP contribution in [0.3, 0.4) is 0 Å². The van der Waals surface area contributed by atoms with Crippen molar-refractivity contribution in [3.63, 3.8) is 0 Å². The van der Waals surface area contributed by atoms with Crippen molar-refractivity contribution in [2.24, 2.45) is 0 Å². The summed E-state index contributed by atoms with van der Waals surface area (Å²) in [6, 6.07) is 16.0. The number of carbonyl (C=O) groups excluding carboxylic acids is 2. The molecule has 1 aromatic heterocycles. The Kier molecular flexibility index (Phi) is 7.36. The van der Waals surface area contributed by atoms with Crippen LogP contribution >= 0.6 is 34.7 Å². The van der Waals surface area contributed by atoms with Crippen molar-refractivity contribution in [2.75, 3.05) is 5.32 Å². The van der Waals surface area contributed by atoms with Gasteiger partial charge in [-0.1, -0.05) is 46.8 Å². The summed E-state index contributed by atoms with van der Waals surface area (Å²) < 4.78 is 0.724. The van der Waals surface area contributed by atoms with Crippen LogP contribution in [0, 0.1) is 11.3 Å². The van der Waals surface area contributed by atoms with Gasteiger partial charge < -0.3 is 5.32 Å². The summed E-state index contributed by atoms with van der Waals surface area (Å²) in [4.78, 5) is 24.2. The SMILES string of the molecule is N#Cc1ccc(CSc2nnc(NC(=O)CCC(=O)c3ccc(Cl)cc3)s2)cc1. The van der Waals surface area contributed by atoms with E-state index in [1.807, 2.05) is 12.1 Å². The molecule has 146 valence electrons. The van der Waals surface area contributed by atoms with E-state index in [0.29, 0.717) is 27.0 Å². The smallest absolute Gasteiger partial charge is 0.226 e. The molecular formula is C20H15ClN4O2S2. The number of thioether (sulfide) groups is 1. The molecule has 1 heterocycles. The first-order valence-corrected chi connectivity index (χ1v) is 10.8. The minimum Gasteiger partial charge on any atom is -0.300 e. The molecule has 0 fully saturated rings. The van der Waals surface area contributed by atoms with Crippen LogP contribution < -0.4 is 5.32 Å². The minimum absolute atomic E-state index is 0.0642. The second kappa shape index (κ2) is 10.2. The van der Waals surface area contributed by atoms with Crippen molar-refractivity contribution in [3.8, 4) is 6.07 Å². The topological polar surface area (TPSA) is 95.7 Å². The third kappa shape index (κ3) is 6.39. The number of anilines is 1. The van der Waals surface area contributed by atoms with Crippen molar-refractivity contribution in [3.05, 3.63) is 70.2 Å². The van der Waals surface area contributed by atoms with Gasteiger partial charge in [-0.2, -0.15) is 5.26 Å². The van der Waals surface area contributed by atoms with E-state index < -0.39 is 0 Å². The van der Waals surface area contributed by atoms with Gasteiger partial charge in [0, 0.05) is 29.2 Å². The number of ketones is 1. The number of hydrogen-bond acceptors (Lipinski definition) is 7. The maximum atomic E-state index is 12.1. The number of halogens is 1. The molecule has 0 aliphatic heterocycles. The molecule has 0 aliphatic rings. The van der Waals surface area contributed by atoms with Crippen molar-refractivity contribution in [1.82, 2.24) is 10.2 Å². The summed E-state index contributed by atoms with van der Waals surface area (Å²) in [5, 5.41) is 20.5. The average molecular weight is 443 g/mol.